The van der Waals surface area contributed by atoms with E-state index in [-0.39, 0.29) is 11.9 Å². The number of nitrogens with zero attached hydrogens (tertiary/aromatic N) is 3. The Morgan fingerprint density at radius 2 is 1.76 bits per heavy atom. The number of rotatable bonds is 6. The highest BCUT2D eigenvalue weighted by Crippen LogP contribution is 2.35. The zero-order chi connectivity index (χ0) is 26.6. The Bertz CT molecular complexity index is 964. The topological polar surface area (TPSA) is 48.5 Å². The highest BCUT2D eigenvalue weighted by Gasteiger charge is 2.31. The van der Waals surface area contributed by atoms with Gasteiger partial charge in [-0.25, -0.2) is 4.98 Å². The van der Waals surface area contributed by atoms with Crippen molar-refractivity contribution >= 4 is 11.7 Å². The minimum absolute atomic E-state index is 0.111. The summed E-state index contributed by atoms with van der Waals surface area (Å²) in [7, 11) is 0. The minimum atomic E-state index is -4.38. The lowest BCUT2D eigenvalue weighted by molar-refractivity contribution is -0.137. The molecular formula is C29H41F3N4O. The van der Waals surface area contributed by atoms with Gasteiger partial charge in [-0.2, -0.15) is 13.2 Å². The maximum atomic E-state index is 12.8. The molecule has 0 radical (unpaired) electrons. The Morgan fingerprint density at radius 1 is 1.05 bits per heavy atom. The molecule has 4 rings (SSSR count). The van der Waals surface area contributed by atoms with Crippen LogP contribution in [0.4, 0.5) is 19.0 Å². The number of hydrogen-bond donors (Lipinski definition) is 1. The van der Waals surface area contributed by atoms with Gasteiger partial charge < -0.3 is 15.1 Å². The SMILES string of the molecule is CC(C)(C)C1C=CC(N2CCC(CCC(=O)N3CCC(Nc4ccc(C(F)(F)F)cn4)CC3)CC2)=CC1. The highest BCUT2D eigenvalue weighted by atomic mass is 19.4. The highest BCUT2D eigenvalue weighted by molar-refractivity contribution is 5.76. The van der Waals surface area contributed by atoms with Crippen molar-refractivity contribution in [1.82, 2.24) is 14.8 Å². The van der Waals surface area contributed by atoms with Gasteiger partial charge in [-0.15, -0.1) is 0 Å². The van der Waals surface area contributed by atoms with Crippen LogP contribution in [0.1, 0.15) is 71.3 Å². The van der Waals surface area contributed by atoms with E-state index < -0.39 is 11.7 Å². The number of allylic oxidation sites excluding steroid dienone is 3. The van der Waals surface area contributed by atoms with E-state index in [9.17, 15) is 18.0 Å². The standard InChI is InChI=1S/C29H41F3N4O/c1-28(2,3)22-5-8-25(9-6-22)35-16-12-21(13-17-35)4-11-27(37)36-18-14-24(15-19-36)34-26-10-7-23(20-33-26)29(30,31)32/h5,7-10,20-22,24H,4,6,11-19H2,1-3H3,(H,33,34). The number of pyridine rings is 1. The molecule has 1 aliphatic carbocycles. The van der Waals surface area contributed by atoms with Crippen LogP contribution in [0.3, 0.4) is 0 Å². The first kappa shape index (κ1) is 27.5. The summed E-state index contributed by atoms with van der Waals surface area (Å²) in [6, 6.07) is 2.53. The summed E-state index contributed by atoms with van der Waals surface area (Å²) in [5.74, 6) is 1.86. The summed E-state index contributed by atoms with van der Waals surface area (Å²) < 4.78 is 38.1. The molecule has 3 heterocycles. The number of hydrogen-bond acceptors (Lipinski definition) is 4. The second-order valence-electron chi connectivity index (χ2n) is 11.9. The normalized spacial score (nSPS) is 22.2. The molecule has 1 aromatic heterocycles. The third-order valence-electron chi connectivity index (χ3n) is 8.23. The van der Waals surface area contributed by atoms with Crippen LogP contribution in [-0.4, -0.2) is 52.9 Å². The summed E-state index contributed by atoms with van der Waals surface area (Å²) in [6.07, 6.45) is 10.0. The predicted molar refractivity (Wildman–Crippen MR) is 141 cm³/mol. The lowest BCUT2D eigenvalue weighted by Gasteiger charge is -2.37. The van der Waals surface area contributed by atoms with E-state index in [0.717, 1.165) is 63.9 Å². The molecule has 37 heavy (non-hydrogen) atoms. The molecule has 5 nitrogen and oxygen atoms in total. The lowest BCUT2D eigenvalue weighted by atomic mass is 9.77. The number of nitrogens with one attached hydrogen (secondary N) is 1. The van der Waals surface area contributed by atoms with Crippen LogP contribution in [0.5, 0.6) is 0 Å². The van der Waals surface area contributed by atoms with E-state index in [0.29, 0.717) is 42.6 Å². The molecule has 0 bridgehead atoms. The largest absolute Gasteiger partial charge is 0.417 e. The van der Waals surface area contributed by atoms with Gasteiger partial charge in [0.25, 0.3) is 0 Å². The molecule has 1 unspecified atom stereocenters. The van der Waals surface area contributed by atoms with Crippen LogP contribution in [-0.2, 0) is 11.0 Å². The molecule has 0 spiro atoms. The Kier molecular flexibility index (Phi) is 8.54. The van der Waals surface area contributed by atoms with E-state index in [4.69, 9.17) is 0 Å². The van der Waals surface area contributed by atoms with Gasteiger partial charge in [0.05, 0.1) is 5.56 Å². The van der Waals surface area contributed by atoms with Crippen LogP contribution in [0.15, 0.2) is 42.3 Å². The van der Waals surface area contributed by atoms with E-state index in [2.05, 4.69) is 54.2 Å². The molecule has 2 saturated heterocycles. The van der Waals surface area contributed by atoms with Crippen LogP contribution in [0.2, 0.25) is 0 Å². The first-order chi connectivity index (χ1) is 17.5. The van der Waals surface area contributed by atoms with Gasteiger partial charge in [-0.1, -0.05) is 32.9 Å². The smallest absolute Gasteiger partial charge is 0.372 e. The molecule has 1 aromatic rings. The Morgan fingerprint density at radius 3 is 2.30 bits per heavy atom. The molecule has 8 heteroatoms. The Hall–Kier alpha value is -2.51. The fourth-order valence-corrected chi connectivity index (χ4v) is 5.58. The second-order valence-corrected chi connectivity index (χ2v) is 11.9. The average Bonchev–Trinajstić information content (AvgIpc) is 2.87. The van der Waals surface area contributed by atoms with Gasteiger partial charge in [0, 0.05) is 50.5 Å². The molecule has 0 saturated carbocycles. The first-order valence-electron chi connectivity index (χ1n) is 13.7. The van der Waals surface area contributed by atoms with Gasteiger partial charge in [-0.3, -0.25) is 4.79 Å². The number of aromatic nitrogens is 1. The summed E-state index contributed by atoms with van der Waals surface area (Å²) in [6.45, 7) is 10.4. The molecule has 3 aliphatic rings. The fraction of sp³-hybridized carbons (Fsp3) is 0.655. The van der Waals surface area contributed by atoms with Gasteiger partial charge in [0.2, 0.25) is 5.91 Å². The zero-order valence-corrected chi connectivity index (χ0v) is 22.4. The third kappa shape index (κ3) is 7.51. The van der Waals surface area contributed by atoms with Crippen molar-refractivity contribution in [3.8, 4) is 0 Å². The molecule has 2 aliphatic heterocycles. The fourth-order valence-electron chi connectivity index (χ4n) is 5.58. The third-order valence-corrected chi connectivity index (χ3v) is 8.23. The van der Waals surface area contributed by atoms with Crippen molar-refractivity contribution in [3.05, 3.63) is 47.8 Å². The van der Waals surface area contributed by atoms with Crippen molar-refractivity contribution in [1.29, 1.82) is 0 Å². The predicted octanol–water partition coefficient (Wildman–Crippen LogP) is 6.50. The number of likely N-dealkylation sites (tertiary alicyclic amines) is 2. The maximum absolute atomic E-state index is 12.8. The van der Waals surface area contributed by atoms with Gasteiger partial charge in [0.15, 0.2) is 0 Å². The number of carbonyl (C=O) groups is 1. The monoisotopic (exact) mass is 518 g/mol. The van der Waals surface area contributed by atoms with Crippen molar-refractivity contribution in [3.63, 3.8) is 0 Å². The average molecular weight is 519 g/mol. The zero-order valence-electron chi connectivity index (χ0n) is 22.4. The summed E-state index contributed by atoms with van der Waals surface area (Å²) in [4.78, 5) is 21.2. The van der Waals surface area contributed by atoms with Crippen LogP contribution >= 0.6 is 0 Å². The van der Waals surface area contributed by atoms with E-state index in [1.54, 1.807) is 0 Å². The van der Waals surface area contributed by atoms with Crippen LogP contribution in [0, 0.1) is 17.3 Å². The molecular weight excluding hydrogens is 477 g/mol. The Balaban J connectivity index is 1.13. The van der Waals surface area contributed by atoms with Gasteiger partial charge >= 0.3 is 6.18 Å². The molecule has 0 aromatic carbocycles. The number of piperidine rings is 2. The molecule has 1 N–H and O–H groups in total. The number of anilines is 1. The maximum Gasteiger partial charge on any atom is 0.417 e. The quantitative estimate of drug-likeness (QED) is 0.467. The van der Waals surface area contributed by atoms with Crippen molar-refractivity contribution in [2.75, 3.05) is 31.5 Å². The Labute approximate surface area is 219 Å². The number of amides is 1. The molecule has 204 valence electrons. The van der Waals surface area contributed by atoms with Crippen LogP contribution in [0.25, 0.3) is 0 Å². The second kappa shape index (κ2) is 11.5. The molecule has 1 amide bonds. The van der Waals surface area contributed by atoms with E-state index in [1.807, 2.05) is 4.90 Å². The van der Waals surface area contributed by atoms with Crippen molar-refractivity contribution in [2.24, 2.45) is 17.3 Å². The molecule has 2 fully saturated rings. The summed E-state index contributed by atoms with van der Waals surface area (Å²) in [5, 5.41) is 3.21. The number of alkyl halides is 3. The summed E-state index contributed by atoms with van der Waals surface area (Å²) >= 11 is 0. The first-order valence-corrected chi connectivity index (χ1v) is 13.7. The van der Waals surface area contributed by atoms with Crippen molar-refractivity contribution < 1.29 is 18.0 Å². The summed E-state index contributed by atoms with van der Waals surface area (Å²) in [5.41, 5.74) is 0.909. The number of halogens is 3. The minimum Gasteiger partial charge on any atom is -0.372 e. The van der Waals surface area contributed by atoms with E-state index in [1.165, 1.54) is 11.8 Å². The molecule has 1 atom stereocenters. The van der Waals surface area contributed by atoms with Gasteiger partial charge in [-0.05, 0) is 74.0 Å². The lowest BCUT2D eigenvalue weighted by Crippen LogP contribution is -2.42. The van der Waals surface area contributed by atoms with Gasteiger partial charge in [0.1, 0.15) is 5.82 Å². The van der Waals surface area contributed by atoms with Crippen LogP contribution < -0.4 is 5.32 Å². The number of carbonyl (C=O) groups excluding carboxylic acids is 1. The van der Waals surface area contributed by atoms with E-state index >= 15 is 0 Å². The van der Waals surface area contributed by atoms with Crippen molar-refractivity contribution in [2.45, 2.75) is 77.9 Å².